The van der Waals surface area contributed by atoms with Gasteiger partial charge in [-0.1, -0.05) is 18.2 Å². The Bertz CT molecular complexity index is 1300. The molecule has 2 aromatic carbocycles. The second-order valence-corrected chi connectivity index (χ2v) is 12.1. The van der Waals surface area contributed by atoms with Gasteiger partial charge in [0, 0.05) is 46.1 Å². The molecule has 2 atom stereocenters. The average molecular weight is 605 g/mol. The summed E-state index contributed by atoms with van der Waals surface area (Å²) in [6.45, 7) is 2.36. The Hall–Kier alpha value is -2.50. The Morgan fingerprint density at radius 2 is 1.94 bits per heavy atom. The van der Waals surface area contributed by atoms with Crippen LogP contribution in [0.5, 0.6) is 0 Å². The highest BCUT2D eigenvalue weighted by atomic mass is 127. The number of rotatable bonds is 10. The fraction of sp³-hybridized carbons (Fsp3) is 0.308. The van der Waals surface area contributed by atoms with E-state index in [1.165, 1.54) is 0 Å². The normalized spacial score (nSPS) is 19.2. The van der Waals surface area contributed by atoms with Gasteiger partial charge in [0.1, 0.15) is 0 Å². The van der Waals surface area contributed by atoms with Crippen LogP contribution in [-0.2, 0) is 27.7 Å². The molecule has 1 aliphatic heterocycles. The Balaban J connectivity index is 1.51. The van der Waals surface area contributed by atoms with Crippen molar-refractivity contribution in [2.75, 3.05) is 11.9 Å². The zero-order chi connectivity index (χ0) is 25.1. The van der Waals surface area contributed by atoms with Gasteiger partial charge in [0.2, 0.25) is 10.0 Å². The van der Waals surface area contributed by atoms with Crippen LogP contribution in [0.15, 0.2) is 71.9 Å². The largest absolute Gasteiger partial charge is 0.481 e. The van der Waals surface area contributed by atoms with Gasteiger partial charge in [-0.25, -0.2) is 13.1 Å². The van der Waals surface area contributed by atoms with Crippen LogP contribution in [0.2, 0.25) is 0 Å². The number of carboxylic acids is 1. The summed E-state index contributed by atoms with van der Waals surface area (Å²) in [5, 5.41) is 12.9. The number of hydrogen-bond donors (Lipinski definition) is 3. The van der Waals surface area contributed by atoms with E-state index >= 15 is 0 Å². The number of carboxylic acid groups (broad SMARTS) is 1. The van der Waals surface area contributed by atoms with E-state index in [2.05, 4.69) is 50.6 Å². The van der Waals surface area contributed by atoms with Crippen molar-refractivity contribution < 1.29 is 18.3 Å². The number of aromatic nitrogens is 1. The number of aliphatic carboxylic acids is 1. The van der Waals surface area contributed by atoms with Crippen LogP contribution < -0.4 is 10.0 Å². The molecule has 0 fully saturated rings. The first-order valence-electron chi connectivity index (χ1n) is 11.4. The van der Waals surface area contributed by atoms with Crippen molar-refractivity contribution in [2.24, 2.45) is 0 Å². The molecule has 0 amide bonds. The van der Waals surface area contributed by atoms with E-state index in [0.717, 1.165) is 32.4 Å². The lowest BCUT2D eigenvalue weighted by atomic mass is 9.77. The highest BCUT2D eigenvalue weighted by molar-refractivity contribution is 14.1. The molecule has 4 rings (SSSR count). The predicted octanol–water partition coefficient (Wildman–Crippen LogP) is 4.58. The molecule has 9 heteroatoms. The van der Waals surface area contributed by atoms with Crippen molar-refractivity contribution in [2.45, 2.75) is 49.0 Å². The van der Waals surface area contributed by atoms with Gasteiger partial charge in [0.25, 0.3) is 0 Å². The highest BCUT2D eigenvalue weighted by Crippen LogP contribution is 2.47. The molecule has 0 bridgehead atoms. The number of carbonyl (C=O) groups is 1. The number of sulfonamides is 1. The number of benzene rings is 2. The summed E-state index contributed by atoms with van der Waals surface area (Å²) in [6, 6.07) is 16.8. The molecular formula is C26H28IN3O4S. The van der Waals surface area contributed by atoms with Crippen LogP contribution in [0.4, 0.5) is 5.69 Å². The Morgan fingerprint density at radius 3 is 2.63 bits per heavy atom. The van der Waals surface area contributed by atoms with Crippen molar-refractivity contribution >= 4 is 44.3 Å². The van der Waals surface area contributed by atoms with Gasteiger partial charge >= 0.3 is 5.97 Å². The first-order chi connectivity index (χ1) is 16.7. The number of anilines is 1. The van der Waals surface area contributed by atoms with E-state index in [1.807, 2.05) is 30.5 Å². The maximum absolute atomic E-state index is 12.6. The summed E-state index contributed by atoms with van der Waals surface area (Å²) in [4.78, 5) is 15.8. The molecule has 0 aliphatic carbocycles. The van der Waals surface area contributed by atoms with Gasteiger partial charge in [-0.15, -0.1) is 0 Å². The third kappa shape index (κ3) is 6.20. The Kier molecular flexibility index (Phi) is 7.77. The smallest absolute Gasteiger partial charge is 0.303 e. The van der Waals surface area contributed by atoms with E-state index < -0.39 is 21.5 Å². The maximum Gasteiger partial charge on any atom is 0.303 e. The van der Waals surface area contributed by atoms with Crippen molar-refractivity contribution in [3.63, 3.8) is 0 Å². The molecule has 0 saturated heterocycles. The molecule has 0 saturated carbocycles. The summed E-state index contributed by atoms with van der Waals surface area (Å²) >= 11 is 2.14. The summed E-state index contributed by atoms with van der Waals surface area (Å²) in [5.74, 6) is -0.755. The Morgan fingerprint density at radius 1 is 1.17 bits per heavy atom. The van der Waals surface area contributed by atoms with Gasteiger partial charge in [0.05, 0.1) is 4.90 Å². The van der Waals surface area contributed by atoms with E-state index in [9.17, 15) is 18.3 Å². The van der Waals surface area contributed by atoms with E-state index in [0.29, 0.717) is 12.8 Å². The van der Waals surface area contributed by atoms with Crippen LogP contribution in [0.25, 0.3) is 0 Å². The molecular weight excluding hydrogens is 577 g/mol. The van der Waals surface area contributed by atoms with Crippen LogP contribution >= 0.6 is 22.6 Å². The van der Waals surface area contributed by atoms with Crippen LogP contribution in [-0.4, -0.2) is 36.6 Å². The van der Waals surface area contributed by atoms with Crippen molar-refractivity contribution in [3.05, 3.63) is 87.3 Å². The molecule has 3 N–H and O–H groups in total. The summed E-state index contributed by atoms with van der Waals surface area (Å²) < 4.78 is 28.9. The first-order valence-corrected chi connectivity index (χ1v) is 14.0. The van der Waals surface area contributed by atoms with Gasteiger partial charge in [0.15, 0.2) is 0 Å². The lowest BCUT2D eigenvalue weighted by Gasteiger charge is -2.32. The molecule has 0 spiro atoms. The third-order valence-electron chi connectivity index (χ3n) is 6.53. The van der Waals surface area contributed by atoms with E-state index in [-0.39, 0.29) is 23.8 Å². The van der Waals surface area contributed by atoms with Crippen molar-refractivity contribution in [1.29, 1.82) is 0 Å². The maximum atomic E-state index is 12.6. The number of hydrogen-bond acceptors (Lipinski definition) is 5. The first kappa shape index (κ1) is 25.6. The number of nitrogens with zero attached hydrogens (tertiary/aromatic N) is 1. The molecule has 2 heterocycles. The molecule has 3 aromatic rings. The minimum Gasteiger partial charge on any atom is -0.481 e. The monoisotopic (exact) mass is 605 g/mol. The lowest BCUT2D eigenvalue weighted by molar-refractivity contribution is -0.137. The van der Waals surface area contributed by atoms with Crippen molar-refractivity contribution in [1.82, 2.24) is 9.71 Å². The number of pyridine rings is 1. The minimum atomic E-state index is -3.57. The predicted molar refractivity (Wildman–Crippen MR) is 144 cm³/mol. The standard InChI is InChI=1S/C26H28IN3O4S/c1-26(12-10-25(31)32)23(16-19-3-2-13-28-17-19)22-15-18(4-9-24(22)30-26)11-14-29-35(33,34)21-7-5-20(27)6-8-21/h2-9,13,15,17,23,29-30H,10-12,14,16H2,1H3,(H,31,32). The lowest BCUT2D eigenvalue weighted by Crippen LogP contribution is -2.37. The molecule has 0 radical (unpaired) electrons. The van der Waals surface area contributed by atoms with Crippen LogP contribution in [0.1, 0.15) is 42.4 Å². The van der Waals surface area contributed by atoms with Crippen LogP contribution in [0, 0.1) is 3.57 Å². The summed E-state index contributed by atoms with van der Waals surface area (Å²) in [7, 11) is -3.57. The van der Waals surface area contributed by atoms with Gasteiger partial charge in [-0.2, -0.15) is 0 Å². The van der Waals surface area contributed by atoms with E-state index in [4.69, 9.17) is 0 Å². The highest BCUT2D eigenvalue weighted by Gasteiger charge is 2.42. The number of nitrogens with one attached hydrogen (secondary N) is 2. The quantitative estimate of drug-likeness (QED) is 0.292. The molecule has 184 valence electrons. The fourth-order valence-corrected chi connectivity index (χ4v) is 6.02. The third-order valence-corrected chi connectivity index (χ3v) is 8.73. The summed E-state index contributed by atoms with van der Waals surface area (Å²) in [5.41, 5.74) is 3.82. The molecule has 1 aromatic heterocycles. The minimum absolute atomic E-state index is 0.0597. The molecule has 35 heavy (non-hydrogen) atoms. The average Bonchev–Trinajstić information content (AvgIpc) is 3.10. The summed E-state index contributed by atoms with van der Waals surface area (Å²) in [6.07, 6.45) is 5.43. The second-order valence-electron chi connectivity index (χ2n) is 9.08. The van der Waals surface area contributed by atoms with Gasteiger partial charge in [-0.3, -0.25) is 9.78 Å². The SMILES string of the molecule is CC1(CCC(=O)O)Nc2ccc(CCNS(=O)(=O)c3ccc(I)cc3)cc2C1Cc1cccnc1. The Labute approximate surface area is 219 Å². The number of halogens is 1. The van der Waals surface area contributed by atoms with Gasteiger partial charge in [-0.05, 0) is 102 Å². The molecule has 7 nitrogen and oxygen atoms in total. The van der Waals surface area contributed by atoms with Crippen LogP contribution in [0.3, 0.4) is 0 Å². The van der Waals surface area contributed by atoms with E-state index in [1.54, 1.807) is 30.5 Å². The fourth-order valence-electron chi connectivity index (χ4n) is 4.63. The zero-order valence-electron chi connectivity index (χ0n) is 19.4. The number of fused-ring (bicyclic) bond motifs is 1. The second kappa shape index (κ2) is 10.6. The van der Waals surface area contributed by atoms with Crippen molar-refractivity contribution in [3.8, 4) is 0 Å². The zero-order valence-corrected chi connectivity index (χ0v) is 22.3. The molecule has 2 unspecified atom stereocenters. The topological polar surface area (TPSA) is 108 Å². The molecule has 1 aliphatic rings. The van der Waals surface area contributed by atoms with Gasteiger partial charge < -0.3 is 10.4 Å².